The highest BCUT2D eigenvalue weighted by atomic mass is 35.5. The summed E-state index contributed by atoms with van der Waals surface area (Å²) in [6.45, 7) is 0. The molecule has 1 saturated heterocycles. The Balaban J connectivity index is 1.83. The lowest BCUT2D eigenvalue weighted by Gasteiger charge is -2.19. The summed E-state index contributed by atoms with van der Waals surface area (Å²) in [7, 11) is 0. The lowest BCUT2D eigenvalue weighted by molar-refractivity contribution is -0.121. The van der Waals surface area contributed by atoms with E-state index in [4.69, 9.17) is 11.6 Å². The maximum absolute atomic E-state index is 12.3. The maximum atomic E-state index is 12.3. The number of amides is 2. The molecule has 3 N–H and O–H groups in total. The first-order valence-corrected chi connectivity index (χ1v) is 7.20. The van der Waals surface area contributed by atoms with Gasteiger partial charge < -0.3 is 5.32 Å². The van der Waals surface area contributed by atoms with Crippen molar-refractivity contribution in [1.82, 2.24) is 16.2 Å². The van der Waals surface area contributed by atoms with Gasteiger partial charge in [0.2, 0.25) is 0 Å². The Morgan fingerprint density at radius 2 is 1.73 bits per heavy atom. The third kappa shape index (κ3) is 2.81. The molecule has 0 aromatic heterocycles. The zero-order valence-corrected chi connectivity index (χ0v) is 12.3. The van der Waals surface area contributed by atoms with Crippen LogP contribution in [0.2, 0.25) is 5.02 Å². The van der Waals surface area contributed by atoms with E-state index in [2.05, 4.69) is 16.2 Å². The molecular formula is C16H14ClN3O2. The van der Waals surface area contributed by atoms with E-state index in [9.17, 15) is 9.59 Å². The van der Waals surface area contributed by atoms with Crippen LogP contribution in [0.3, 0.4) is 0 Å². The van der Waals surface area contributed by atoms with E-state index in [0.717, 1.165) is 5.56 Å². The number of carbonyl (C=O) groups is 2. The Morgan fingerprint density at radius 1 is 1.05 bits per heavy atom. The van der Waals surface area contributed by atoms with Gasteiger partial charge in [0.05, 0.1) is 6.04 Å². The van der Waals surface area contributed by atoms with Gasteiger partial charge in [-0.25, -0.2) is 5.43 Å². The van der Waals surface area contributed by atoms with E-state index >= 15 is 0 Å². The summed E-state index contributed by atoms with van der Waals surface area (Å²) >= 11 is 6.18. The number of hydrogen-bond donors (Lipinski definition) is 3. The van der Waals surface area contributed by atoms with Crippen molar-refractivity contribution in [1.29, 1.82) is 0 Å². The van der Waals surface area contributed by atoms with Crippen LogP contribution in [0.1, 0.15) is 22.0 Å². The molecule has 0 saturated carbocycles. The SMILES string of the molecule is O=C(N[C@@H]1C(=O)NN[C@H]1c1ccccc1Cl)c1ccccc1. The van der Waals surface area contributed by atoms with Crippen molar-refractivity contribution in [3.05, 3.63) is 70.7 Å². The molecule has 0 bridgehead atoms. The van der Waals surface area contributed by atoms with Gasteiger partial charge in [0, 0.05) is 10.6 Å². The van der Waals surface area contributed by atoms with Gasteiger partial charge in [-0.05, 0) is 23.8 Å². The highest BCUT2D eigenvalue weighted by molar-refractivity contribution is 6.31. The molecule has 1 aliphatic rings. The molecule has 3 rings (SSSR count). The first-order valence-electron chi connectivity index (χ1n) is 6.82. The lowest BCUT2D eigenvalue weighted by atomic mass is 10.0. The molecule has 0 radical (unpaired) electrons. The standard InChI is InChI=1S/C16H14ClN3O2/c17-12-9-5-4-8-11(12)13-14(16(22)20-19-13)18-15(21)10-6-2-1-3-7-10/h1-9,13-14,19H,(H,18,21)(H,20,22)/t13-,14-/m0/s1. The molecule has 1 aliphatic heterocycles. The second-order valence-corrected chi connectivity index (χ2v) is 5.36. The zero-order chi connectivity index (χ0) is 15.5. The molecule has 1 heterocycles. The quantitative estimate of drug-likeness (QED) is 0.809. The molecule has 2 aromatic carbocycles. The molecule has 112 valence electrons. The largest absolute Gasteiger partial charge is 0.338 e. The Bertz CT molecular complexity index is 706. The summed E-state index contributed by atoms with van der Waals surface area (Å²) in [4.78, 5) is 24.3. The van der Waals surface area contributed by atoms with Crippen LogP contribution >= 0.6 is 11.6 Å². The highest BCUT2D eigenvalue weighted by Crippen LogP contribution is 2.27. The molecule has 22 heavy (non-hydrogen) atoms. The Labute approximate surface area is 132 Å². The zero-order valence-electron chi connectivity index (χ0n) is 11.5. The molecule has 0 unspecified atom stereocenters. The van der Waals surface area contributed by atoms with Crippen LogP contribution in [0.25, 0.3) is 0 Å². The smallest absolute Gasteiger partial charge is 0.258 e. The van der Waals surface area contributed by atoms with E-state index < -0.39 is 12.1 Å². The summed E-state index contributed by atoms with van der Waals surface area (Å²) in [5.41, 5.74) is 6.66. The maximum Gasteiger partial charge on any atom is 0.258 e. The molecule has 1 fully saturated rings. The van der Waals surface area contributed by atoms with Crippen molar-refractivity contribution in [2.45, 2.75) is 12.1 Å². The first kappa shape index (κ1) is 14.6. The Morgan fingerprint density at radius 3 is 2.45 bits per heavy atom. The van der Waals surface area contributed by atoms with E-state index in [1.54, 1.807) is 30.3 Å². The minimum atomic E-state index is -0.729. The van der Waals surface area contributed by atoms with Crippen molar-refractivity contribution in [2.75, 3.05) is 0 Å². The van der Waals surface area contributed by atoms with Gasteiger partial charge in [-0.15, -0.1) is 0 Å². The number of hydrogen-bond acceptors (Lipinski definition) is 3. The number of hydrazine groups is 1. The van der Waals surface area contributed by atoms with Crippen LogP contribution in [-0.4, -0.2) is 17.9 Å². The molecule has 2 atom stereocenters. The molecule has 0 spiro atoms. The normalized spacial score (nSPS) is 20.5. The average Bonchev–Trinajstić information content (AvgIpc) is 2.90. The molecule has 2 amide bonds. The van der Waals surface area contributed by atoms with E-state index in [1.165, 1.54) is 0 Å². The van der Waals surface area contributed by atoms with Gasteiger partial charge in [-0.1, -0.05) is 48.0 Å². The molecule has 5 nitrogen and oxygen atoms in total. The van der Waals surface area contributed by atoms with Crippen molar-refractivity contribution in [2.24, 2.45) is 0 Å². The third-order valence-corrected chi connectivity index (χ3v) is 3.87. The van der Waals surface area contributed by atoms with Gasteiger partial charge in [0.15, 0.2) is 0 Å². The van der Waals surface area contributed by atoms with E-state index in [1.807, 2.05) is 24.3 Å². The van der Waals surface area contributed by atoms with Gasteiger partial charge in [-0.3, -0.25) is 15.0 Å². The van der Waals surface area contributed by atoms with E-state index in [-0.39, 0.29) is 11.8 Å². The summed E-state index contributed by atoms with van der Waals surface area (Å²) in [6.07, 6.45) is 0. The third-order valence-electron chi connectivity index (χ3n) is 3.53. The van der Waals surface area contributed by atoms with Crippen molar-refractivity contribution >= 4 is 23.4 Å². The number of rotatable bonds is 3. The summed E-state index contributed by atoms with van der Waals surface area (Å²) in [5.74, 6) is -0.601. The van der Waals surface area contributed by atoms with Crippen LogP contribution in [-0.2, 0) is 4.79 Å². The van der Waals surface area contributed by atoms with Crippen molar-refractivity contribution in [3.8, 4) is 0 Å². The van der Waals surface area contributed by atoms with Gasteiger partial charge in [0.25, 0.3) is 11.8 Å². The number of nitrogens with one attached hydrogen (secondary N) is 3. The molecular weight excluding hydrogens is 302 g/mol. The summed E-state index contributed by atoms with van der Waals surface area (Å²) in [5, 5.41) is 3.29. The van der Waals surface area contributed by atoms with Crippen LogP contribution in [0.5, 0.6) is 0 Å². The highest BCUT2D eigenvalue weighted by Gasteiger charge is 2.37. The van der Waals surface area contributed by atoms with Gasteiger partial charge in [-0.2, -0.15) is 0 Å². The van der Waals surface area contributed by atoms with Gasteiger partial charge >= 0.3 is 0 Å². The monoisotopic (exact) mass is 315 g/mol. The number of carbonyl (C=O) groups excluding carboxylic acids is 2. The fraction of sp³-hybridized carbons (Fsp3) is 0.125. The fourth-order valence-corrected chi connectivity index (χ4v) is 2.66. The number of benzene rings is 2. The van der Waals surface area contributed by atoms with Crippen molar-refractivity contribution < 1.29 is 9.59 Å². The van der Waals surface area contributed by atoms with E-state index in [0.29, 0.717) is 10.6 Å². The van der Waals surface area contributed by atoms with Gasteiger partial charge in [0.1, 0.15) is 6.04 Å². The predicted molar refractivity (Wildman–Crippen MR) is 83.2 cm³/mol. The van der Waals surface area contributed by atoms with Crippen LogP contribution in [0.4, 0.5) is 0 Å². The minimum absolute atomic E-state index is 0.297. The number of halogens is 1. The van der Waals surface area contributed by atoms with Crippen LogP contribution in [0, 0.1) is 0 Å². The Kier molecular flexibility index (Phi) is 4.09. The fourth-order valence-electron chi connectivity index (χ4n) is 2.41. The Hall–Kier alpha value is -2.37. The summed E-state index contributed by atoms with van der Waals surface area (Å²) in [6, 6.07) is 14.8. The molecule has 0 aliphatic carbocycles. The minimum Gasteiger partial charge on any atom is -0.338 e. The van der Waals surface area contributed by atoms with Crippen LogP contribution in [0.15, 0.2) is 54.6 Å². The second-order valence-electron chi connectivity index (χ2n) is 4.95. The van der Waals surface area contributed by atoms with Crippen molar-refractivity contribution in [3.63, 3.8) is 0 Å². The molecule has 6 heteroatoms. The lowest BCUT2D eigenvalue weighted by Crippen LogP contribution is -2.43. The predicted octanol–water partition coefficient (Wildman–Crippen LogP) is 1.81. The summed E-state index contributed by atoms with van der Waals surface area (Å²) < 4.78 is 0. The molecule has 2 aromatic rings. The average molecular weight is 316 g/mol. The first-order chi connectivity index (χ1) is 10.7. The topological polar surface area (TPSA) is 70.2 Å². The van der Waals surface area contributed by atoms with Crippen LogP contribution < -0.4 is 16.2 Å². The second kappa shape index (κ2) is 6.17.